The summed E-state index contributed by atoms with van der Waals surface area (Å²) in [4.78, 5) is 40.2. The molecule has 9 heteroatoms. The highest BCUT2D eigenvalue weighted by Crippen LogP contribution is 2.29. The molecule has 1 N–H and O–H groups in total. The third-order valence-corrected chi connectivity index (χ3v) is 6.56. The van der Waals surface area contributed by atoms with Gasteiger partial charge in [0.1, 0.15) is 0 Å². The molecule has 0 heterocycles. The van der Waals surface area contributed by atoms with Crippen LogP contribution in [0.3, 0.4) is 0 Å². The maximum atomic E-state index is 12.8. The highest BCUT2D eigenvalue weighted by Gasteiger charge is 2.30. The van der Waals surface area contributed by atoms with Gasteiger partial charge in [0.15, 0.2) is 0 Å². The summed E-state index contributed by atoms with van der Waals surface area (Å²) in [5.74, 6) is -1.37. The van der Waals surface area contributed by atoms with Crippen molar-refractivity contribution in [3.8, 4) is 0 Å². The van der Waals surface area contributed by atoms with Crippen molar-refractivity contribution in [1.29, 1.82) is 0 Å². The molecular weight excluding hydrogens is 533 g/mol. The van der Waals surface area contributed by atoms with E-state index in [0.29, 0.717) is 22.4 Å². The van der Waals surface area contributed by atoms with Crippen LogP contribution in [-0.4, -0.2) is 23.2 Å². The number of hydroxylamine groups is 2. The molecule has 3 aromatic rings. The predicted octanol–water partition coefficient (Wildman–Crippen LogP) is 7.52. The molecule has 0 fully saturated rings. The first-order valence-electron chi connectivity index (χ1n) is 13.8. The number of hydrogen-bond acceptors (Lipinski definition) is 5. The zero-order valence-electron chi connectivity index (χ0n) is 23.1. The number of aryl methyl sites for hydroxylation is 1. The highest BCUT2D eigenvalue weighted by atomic mass is 19.4. The molecule has 0 aliphatic carbocycles. The van der Waals surface area contributed by atoms with E-state index < -0.39 is 17.7 Å². The van der Waals surface area contributed by atoms with Crippen LogP contribution in [0.2, 0.25) is 0 Å². The highest BCUT2D eigenvalue weighted by molar-refractivity contribution is 6.20. The number of unbranched alkanes of at least 4 members (excludes halogenated alkanes) is 5. The van der Waals surface area contributed by atoms with Gasteiger partial charge in [-0.15, -0.1) is 5.06 Å². The fourth-order valence-corrected chi connectivity index (χ4v) is 4.30. The second-order valence-corrected chi connectivity index (χ2v) is 9.89. The minimum Gasteiger partial charge on any atom is -0.361 e. The van der Waals surface area contributed by atoms with Gasteiger partial charge in [-0.05, 0) is 65.9 Å². The monoisotopic (exact) mass is 568 g/mol. The van der Waals surface area contributed by atoms with Crippen LogP contribution in [0.15, 0.2) is 72.8 Å². The lowest BCUT2D eigenvalue weighted by Gasteiger charge is -2.20. The van der Waals surface area contributed by atoms with E-state index in [1.165, 1.54) is 54.9 Å². The number of alkyl halides is 3. The molecule has 0 saturated carbocycles. The van der Waals surface area contributed by atoms with Gasteiger partial charge in [-0.2, -0.15) is 13.2 Å². The number of anilines is 1. The van der Waals surface area contributed by atoms with E-state index in [-0.39, 0.29) is 25.3 Å². The topological polar surface area (TPSA) is 75.7 Å². The normalized spacial score (nSPS) is 11.3. The van der Waals surface area contributed by atoms with Gasteiger partial charge in [0.25, 0.3) is 5.91 Å². The van der Waals surface area contributed by atoms with Crippen molar-refractivity contribution in [2.45, 2.75) is 71.1 Å². The summed E-state index contributed by atoms with van der Waals surface area (Å²) in [5.41, 5.74) is 2.67. The van der Waals surface area contributed by atoms with E-state index in [2.05, 4.69) is 12.2 Å². The molecule has 0 aromatic heterocycles. The summed E-state index contributed by atoms with van der Waals surface area (Å²) < 4.78 is 38.5. The molecule has 0 aliphatic rings. The third-order valence-electron chi connectivity index (χ3n) is 6.56. The van der Waals surface area contributed by atoms with Crippen LogP contribution < -0.4 is 5.32 Å². The van der Waals surface area contributed by atoms with Crippen LogP contribution in [0.25, 0.3) is 0 Å². The zero-order valence-corrected chi connectivity index (χ0v) is 23.1. The van der Waals surface area contributed by atoms with Crippen LogP contribution in [0.4, 0.5) is 18.9 Å². The Kier molecular flexibility index (Phi) is 12.1. The number of carbonyl (C=O) groups excluding carboxylic acids is 3. The smallest absolute Gasteiger partial charge is 0.361 e. The van der Waals surface area contributed by atoms with Crippen molar-refractivity contribution < 1.29 is 32.4 Å². The number of benzene rings is 3. The van der Waals surface area contributed by atoms with Crippen LogP contribution in [0.5, 0.6) is 0 Å². The Morgan fingerprint density at radius 2 is 1.32 bits per heavy atom. The van der Waals surface area contributed by atoms with Gasteiger partial charge >= 0.3 is 12.1 Å². The Morgan fingerprint density at radius 3 is 1.88 bits per heavy atom. The van der Waals surface area contributed by atoms with Gasteiger partial charge in [0.05, 0.1) is 18.7 Å². The Labute approximate surface area is 238 Å². The van der Waals surface area contributed by atoms with E-state index in [4.69, 9.17) is 4.84 Å². The Balaban J connectivity index is 1.55. The molecule has 0 unspecified atom stereocenters. The van der Waals surface area contributed by atoms with Gasteiger partial charge in [0, 0.05) is 11.3 Å². The number of nitrogens with one attached hydrogen (secondary N) is 1. The largest absolute Gasteiger partial charge is 0.416 e. The van der Waals surface area contributed by atoms with E-state index in [1.54, 1.807) is 24.3 Å². The quantitative estimate of drug-likeness (QED) is 0.0888. The van der Waals surface area contributed by atoms with Crippen molar-refractivity contribution >= 4 is 23.9 Å². The molecule has 3 rings (SSSR count). The molecule has 41 heavy (non-hydrogen) atoms. The van der Waals surface area contributed by atoms with Crippen LogP contribution in [-0.2, 0) is 40.1 Å². The number of nitrogens with zero attached hydrogens (tertiary/aromatic N) is 1. The molecular formula is C32H35F3N2O4. The molecule has 0 saturated heterocycles. The first-order valence-corrected chi connectivity index (χ1v) is 13.8. The maximum Gasteiger partial charge on any atom is 0.416 e. The van der Waals surface area contributed by atoms with Crippen molar-refractivity contribution in [2.24, 2.45) is 0 Å². The van der Waals surface area contributed by atoms with Crippen molar-refractivity contribution in [3.63, 3.8) is 0 Å². The van der Waals surface area contributed by atoms with Crippen LogP contribution >= 0.6 is 0 Å². The summed E-state index contributed by atoms with van der Waals surface area (Å²) in [6.45, 7) is 2.23. The summed E-state index contributed by atoms with van der Waals surface area (Å²) in [6.07, 6.45) is 3.96. The molecule has 218 valence electrons. The molecule has 0 aliphatic heterocycles. The lowest BCUT2D eigenvalue weighted by atomic mass is 10.0. The fourth-order valence-electron chi connectivity index (χ4n) is 4.30. The lowest BCUT2D eigenvalue weighted by molar-refractivity contribution is -0.195. The molecule has 6 nitrogen and oxygen atoms in total. The first kappa shape index (κ1) is 31.5. The molecule has 0 spiro atoms. The number of rotatable bonds is 15. The number of aldehydes is 1. The molecule has 0 radical (unpaired) electrons. The number of hydrogen-bond donors (Lipinski definition) is 1. The maximum absolute atomic E-state index is 12.8. The van der Waals surface area contributed by atoms with Crippen molar-refractivity contribution in [3.05, 3.63) is 101 Å². The molecule has 1 amide bonds. The molecule has 0 atom stereocenters. The van der Waals surface area contributed by atoms with E-state index in [1.807, 2.05) is 24.3 Å². The van der Waals surface area contributed by atoms with Gasteiger partial charge in [0.2, 0.25) is 6.29 Å². The summed E-state index contributed by atoms with van der Waals surface area (Å²) in [5, 5.41) is 4.03. The minimum atomic E-state index is -4.46. The minimum absolute atomic E-state index is 0.0135. The number of carbonyl (C=O) groups is 3. The second-order valence-electron chi connectivity index (χ2n) is 9.89. The number of amides is 1. The molecule has 3 aromatic carbocycles. The summed E-state index contributed by atoms with van der Waals surface area (Å²) in [6, 6.07) is 18.9. The molecule has 0 bridgehead atoms. The van der Waals surface area contributed by atoms with Crippen LogP contribution in [0.1, 0.15) is 78.1 Å². The van der Waals surface area contributed by atoms with Gasteiger partial charge in [-0.25, -0.2) is 4.79 Å². The summed E-state index contributed by atoms with van der Waals surface area (Å²) in [7, 11) is 0. The Hall–Kier alpha value is -3.98. The standard InChI is InChI=1S/C32H35F3N2O4/c1-2-3-4-5-6-7-8-24-9-15-27(16-10-24)31(40)36-29-19-13-26(14-20-29)22-37(41-30(39)23-38)21-25-11-17-28(18-12-25)32(33,34)35/h9-20,23H,2-8,21-22H2,1H3,(H,36,40). The van der Waals surface area contributed by atoms with Crippen LogP contribution in [0, 0.1) is 0 Å². The second kappa shape index (κ2) is 15.7. The van der Waals surface area contributed by atoms with Crippen molar-refractivity contribution in [2.75, 3.05) is 5.32 Å². The van der Waals surface area contributed by atoms with Gasteiger partial charge in [-0.1, -0.05) is 75.4 Å². The summed E-state index contributed by atoms with van der Waals surface area (Å²) >= 11 is 0. The predicted molar refractivity (Wildman–Crippen MR) is 151 cm³/mol. The van der Waals surface area contributed by atoms with Gasteiger partial charge < -0.3 is 10.2 Å². The van der Waals surface area contributed by atoms with E-state index in [0.717, 1.165) is 25.0 Å². The van der Waals surface area contributed by atoms with E-state index >= 15 is 0 Å². The number of halogens is 3. The lowest BCUT2D eigenvalue weighted by Crippen LogP contribution is -2.27. The van der Waals surface area contributed by atoms with E-state index in [9.17, 15) is 27.6 Å². The Morgan fingerprint density at radius 1 is 0.780 bits per heavy atom. The average molecular weight is 569 g/mol. The Bertz CT molecular complexity index is 1260. The fraction of sp³-hybridized carbons (Fsp3) is 0.344. The SMILES string of the molecule is CCCCCCCCc1ccc(C(=O)Nc2ccc(CN(Cc3ccc(C(F)(F)F)cc3)OC(=O)C=O)cc2)cc1. The average Bonchev–Trinajstić information content (AvgIpc) is 2.96. The van der Waals surface area contributed by atoms with Gasteiger partial charge in [-0.3, -0.25) is 9.59 Å². The third kappa shape index (κ3) is 10.8. The first-order chi connectivity index (χ1) is 19.7. The zero-order chi connectivity index (χ0) is 29.7. The van der Waals surface area contributed by atoms with Crippen molar-refractivity contribution in [1.82, 2.24) is 5.06 Å².